The lowest BCUT2D eigenvalue weighted by Gasteiger charge is -2.15. The summed E-state index contributed by atoms with van der Waals surface area (Å²) in [5.41, 5.74) is 5.93. The Morgan fingerprint density at radius 1 is 1.20 bits per heavy atom. The number of sulfone groups is 1. The molecule has 0 unspecified atom stereocenters. The van der Waals surface area contributed by atoms with Crippen LogP contribution >= 0.6 is 0 Å². The molecule has 0 aromatic heterocycles. The zero-order chi connectivity index (χ0) is 15.5. The molecule has 1 aromatic carbocycles. The minimum atomic E-state index is -4.62. The number of hydrogen-bond donors (Lipinski definition) is 2. The van der Waals surface area contributed by atoms with Crippen molar-refractivity contribution in [2.24, 2.45) is 11.7 Å². The molecule has 1 amide bonds. The van der Waals surface area contributed by atoms with Gasteiger partial charge in [0.2, 0.25) is 15.7 Å². The van der Waals surface area contributed by atoms with Gasteiger partial charge < -0.3 is 11.1 Å². The number of carbonyl (C=O) groups excluding carboxylic acids is 1. The smallest absolute Gasteiger partial charge is 0.325 e. The Morgan fingerprint density at radius 2 is 1.70 bits per heavy atom. The van der Waals surface area contributed by atoms with Crippen molar-refractivity contribution >= 4 is 21.4 Å². The first-order valence-electron chi connectivity index (χ1n) is 5.85. The van der Waals surface area contributed by atoms with Crippen LogP contribution in [0.4, 0.5) is 14.5 Å². The second kappa shape index (κ2) is 6.27. The quantitative estimate of drug-likeness (QED) is 0.865. The minimum Gasteiger partial charge on any atom is -0.325 e. The van der Waals surface area contributed by atoms with Crippen molar-refractivity contribution < 1.29 is 22.0 Å². The third-order valence-corrected chi connectivity index (χ3v) is 4.10. The van der Waals surface area contributed by atoms with Crippen LogP contribution in [0.3, 0.4) is 0 Å². The van der Waals surface area contributed by atoms with Crippen LogP contribution in [0, 0.1) is 5.92 Å². The molecule has 0 bridgehead atoms. The van der Waals surface area contributed by atoms with Crippen LogP contribution in [0.25, 0.3) is 0 Å². The highest BCUT2D eigenvalue weighted by Gasteiger charge is 2.26. The van der Waals surface area contributed by atoms with E-state index in [1.165, 1.54) is 12.1 Å². The molecule has 112 valence electrons. The van der Waals surface area contributed by atoms with Gasteiger partial charge in [-0.05, 0) is 30.2 Å². The van der Waals surface area contributed by atoms with Crippen LogP contribution in [0.15, 0.2) is 29.2 Å². The fourth-order valence-corrected chi connectivity index (χ4v) is 2.08. The Hall–Kier alpha value is -1.54. The summed E-state index contributed by atoms with van der Waals surface area (Å²) in [6.07, 6.45) is 0. The summed E-state index contributed by atoms with van der Waals surface area (Å²) in [5, 5.41) is 2.48. The van der Waals surface area contributed by atoms with Crippen LogP contribution in [-0.2, 0) is 14.6 Å². The van der Waals surface area contributed by atoms with E-state index in [4.69, 9.17) is 5.73 Å². The van der Waals surface area contributed by atoms with E-state index in [9.17, 15) is 22.0 Å². The average Bonchev–Trinajstić information content (AvgIpc) is 2.38. The summed E-state index contributed by atoms with van der Waals surface area (Å²) in [4.78, 5) is 11.2. The van der Waals surface area contributed by atoms with Crippen molar-refractivity contribution in [2.45, 2.75) is 30.5 Å². The average molecular weight is 306 g/mol. The van der Waals surface area contributed by atoms with E-state index in [1.54, 1.807) is 13.8 Å². The lowest BCUT2D eigenvalue weighted by molar-refractivity contribution is -0.118. The van der Waals surface area contributed by atoms with Crippen molar-refractivity contribution in [1.29, 1.82) is 0 Å². The minimum absolute atomic E-state index is 0.0616. The molecular formula is C12H16F2N2O3S. The molecule has 0 aliphatic heterocycles. The molecule has 0 heterocycles. The fourth-order valence-electron chi connectivity index (χ4n) is 1.36. The molecule has 20 heavy (non-hydrogen) atoms. The van der Waals surface area contributed by atoms with E-state index < -0.39 is 32.4 Å². The Bertz CT molecular complexity index is 571. The van der Waals surface area contributed by atoms with Crippen LogP contribution in [0.2, 0.25) is 0 Å². The number of alkyl halides is 2. The maximum absolute atomic E-state index is 12.3. The largest absolute Gasteiger partial charge is 0.341 e. The number of anilines is 1. The number of nitrogens with one attached hydrogen (secondary N) is 1. The van der Waals surface area contributed by atoms with Crippen molar-refractivity contribution in [2.75, 3.05) is 5.32 Å². The summed E-state index contributed by atoms with van der Waals surface area (Å²) in [6, 6.07) is 3.79. The third kappa shape index (κ3) is 3.73. The molecule has 1 atom stereocenters. The summed E-state index contributed by atoms with van der Waals surface area (Å²) in [5.74, 6) is -3.96. The topological polar surface area (TPSA) is 89.3 Å². The molecule has 0 saturated carbocycles. The zero-order valence-corrected chi connectivity index (χ0v) is 11.8. The second-order valence-corrected chi connectivity index (χ2v) is 6.51. The van der Waals surface area contributed by atoms with E-state index in [0.717, 1.165) is 12.1 Å². The molecule has 5 nitrogen and oxygen atoms in total. The molecule has 0 radical (unpaired) electrons. The van der Waals surface area contributed by atoms with Gasteiger partial charge in [0.25, 0.3) is 0 Å². The van der Waals surface area contributed by atoms with Crippen molar-refractivity contribution in [3.8, 4) is 0 Å². The molecule has 8 heteroatoms. The van der Waals surface area contributed by atoms with E-state index >= 15 is 0 Å². The predicted molar refractivity (Wildman–Crippen MR) is 71.1 cm³/mol. The van der Waals surface area contributed by atoms with E-state index in [-0.39, 0.29) is 5.92 Å². The van der Waals surface area contributed by atoms with Gasteiger partial charge in [0.05, 0.1) is 10.9 Å². The van der Waals surface area contributed by atoms with Crippen LogP contribution in [-0.4, -0.2) is 26.1 Å². The molecule has 0 saturated heterocycles. The Morgan fingerprint density at radius 3 is 2.10 bits per heavy atom. The zero-order valence-electron chi connectivity index (χ0n) is 11.0. The molecule has 1 rings (SSSR count). The Balaban J connectivity index is 2.86. The number of halogens is 2. The standard InChI is InChI=1S/C12H16F2N2O3S/c1-7(2)10(15)11(17)16-8-3-5-9(6-4-8)20(18,19)12(13)14/h3-7,10,12H,15H2,1-2H3,(H,16,17)/t10-/m0/s1. The molecule has 0 aliphatic carbocycles. The number of rotatable bonds is 5. The first-order chi connectivity index (χ1) is 9.16. The molecule has 0 fully saturated rings. The first kappa shape index (κ1) is 16.5. The van der Waals surface area contributed by atoms with Gasteiger partial charge in [-0.3, -0.25) is 4.79 Å². The number of nitrogens with two attached hydrogens (primary N) is 1. The van der Waals surface area contributed by atoms with Gasteiger partial charge in [0.15, 0.2) is 0 Å². The lowest BCUT2D eigenvalue weighted by atomic mass is 10.1. The highest BCUT2D eigenvalue weighted by molar-refractivity contribution is 7.91. The number of carbonyl (C=O) groups is 1. The Labute approximate surface area is 116 Å². The monoisotopic (exact) mass is 306 g/mol. The number of amides is 1. The SMILES string of the molecule is CC(C)[C@H](N)C(=O)Nc1ccc(S(=O)(=O)C(F)F)cc1. The third-order valence-electron chi connectivity index (χ3n) is 2.71. The van der Waals surface area contributed by atoms with Gasteiger partial charge >= 0.3 is 5.76 Å². The summed E-state index contributed by atoms with van der Waals surface area (Å²) in [6.45, 7) is 3.56. The normalized spacial score (nSPS) is 13.6. The predicted octanol–water partition coefficient (Wildman–Crippen LogP) is 1.60. The van der Waals surface area contributed by atoms with Crippen molar-refractivity contribution in [3.05, 3.63) is 24.3 Å². The van der Waals surface area contributed by atoms with Crippen LogP contribution in [0.1, 0.15) is 13.8 Å². The number of hydrogen-bond acceptors (Lipinski definition) is 4. The van der Waals surface area contributed by atoms with Gasteiger partial charge in [-0.25, -0.2) is 8.42 Å². The molecule has 0 spiro atoms. The summed E-state index contributed by atoms with van der Waals surface area (Å²) in [7, 11) is -4.62. The highest BCUT2D eigenvalue weighted by atomic mass is 32.2. The van der Waals surface area contributed by atoms with E-state index in [2.05, 4.69) is 5.32 Å². The van der Waals surface area contributed by atoms with Gasteiger partial charge in [0.1, 0.15) is 0 Å². The fraction of sp³-hybridized carbons (Fsp3) is 0.417. The number of benzene rings is 1. The summed E-state index contributed by atoms with van der Waals surface area (Å²) < 4.78 is 47.1. The Kier molecular flexibility index (Phi) is 5.18. The lowest BCUT2D eigenvalue weighted by Crippen LogP contribution is -2.39. The van der Waals surface area contributed by atoms with Crippen LogP contribution < -0.4 is 11.1 Å². The van der Waals surface area contributed by atoms with Gasteiger partial charge in [-0.15, -0.1) is 0 Å². The van der Waals surface area contributed by atoms with Crippen LogP contribution in [0.5, 0.6) is 0 Å². The maximum Gasteiger partial charge on any atom is 0.341 e. The molecule has 3 N–H and O–H groups in total. The molecule has 1 aromatic rings. The van der Waals surface area contributed by atoms with Gasteiger partial charge in [-0.2, -0.15) is 8.78 Å². The first-order valence-corrected chi connectivity index (χ1v) is 7.39. The van der Waals surface area contributed by atoms with Gasteiger partial charge in [-0.1, -0.05) is 13.8 Å². The van der Waals surface area contributed by atoms with Gasteiger partial charge in [0, 0.05) is 5.69 Å². The second-order valence-electron chi connectivity index (χ2n) is 4.59. The van der Waals surface area contributed by atoms with E-state index in [1.807, 2.05) is 0 Å². The van der Waals surface area contributed by atoms with E-state index in [0.29, 0.717) is 5.69 Å². The van der Waals surface area contributed by atoms with Crippen molar-refractivity contribution in [1.82, 2.24) is 0 Å². The molecule has 0 aliphatic rings. The highest BCUT2D eigenvalue weighted by Crippen LogP contribution is 2.20. The maximum atomic E-state index is 12.3. The van der Waals surface area contributed by atoms with Crippen molar-refractivity contribution in [3.63, 3.8) is 0 Å². The summed E-state index contributed by atoms with van der Waals surface area (Å²) >= 11 is 0. The molecular weight excluding hydrogens is 290 g/mol.